The van der Waals surface area contributed by atoms with E-state index < -0.39 is 11.6 Å². The lowest BCUT2D eigenvalue weighted by molar-refractivity contribution is -0.134. The molecule has 0 aliphatic carbocycles. The van der Waals surface area contributed by atoms with Crippen LogP contribution in [0.25, 0.3) is 0 Å². The number of urea groups is 1. The van der Waals surface area contributed by atoms with Gasteiger partial charge in [0.15, 0.2) is 0 Å². The van der Waals surface area contributed by atoms with Crippen LogP contribution in [0.4, 0.5) is 4.79 Å². The lowest BCUT2D eigenvalue weighted by atomic mass is 10.1. The number of nitrogens with zero attached hydrogens (tertiary/aromatic N) is 3. The molecule has 8 heteroatoms. The SMILES string of the molecule is CCc1nccn1CCCNC(=O)CN1C(=O)NC(C)(C)C1=O. The van der Waals surface area contributed by atoms with Crippen molar-refractivity contribution in [2.75, 3.05) is 13.1 Å². The molecular weight excluding hydrogens is 298 g/mol. The number of rotatable bonds is 7. The quantitative estimate of drug-likeness (QED) is 0.557. The zero-order valence-corrected chi connectivity index (χ0v) is 13.8. The van der Waals surface area contributed by atoms with E-state index in [1.807, 2.05) is 17.7 Å². The summed E-state index contributed by atoms with van der Waals surface area (Å²) in [6, 6.07) is -0.527. The highest BCUT2D eigenvalue weighted by Crippen LogP contribution is 2.15. The summed E-state index contributed by atoms with van der Waals surface area (Å²) >= 11 is 0. The predicted octanol–water partition coefficient (Wildman–Crippen LogP) is 0.282. The van der Waals surface area contributed by atoms with Crippen LogP contribution in [-0.2, 0) is 22.6 Å². The van der Waals surface area contributed by atoms with Gasteiger partial charge >= 0.3 is 6.03 Å². The Morgan fingerprint density at radius 1 is 1.39 bits per heavy atom. The minimum absolute atomic E-state index is 0.251. The topological polar surface area (TPSA) is 96.3 Å². The molecule has 2 rings (SSSR count). The molecule has 1 aromatic rings. The number of hydrogen-bond donors (Lipinski definition) is 2. The maximum Gasteiger partial charge on any atom is 0.325 e. The third-order valence-corrected chi connectivity index (χ3v) is 3.76. The fourth-order valence-electron chi connectivity index (χ4n) is 2.50. The Morgan fingerprint density at radius 3 is 2.74 bits per heavy atom. The number of aryl methyl sites for hydroxylation is 2. The molecule has 0 spiro atoms. The molecule has 8 nitrogen and oxygen atoms in total. The maximum absolute atomic E-state index is 12.0. The van der Waals surface area contributed by atoms with Gasteiger partial charge in [0, 0.05) is 31.9 Å². The summed E-state index contributed by atoms with van der Waals surface area (Å²) in [4.78, 5) is 40.7. The van der Waals surface area contributed by atoms with Crippen molar-refractivity contribution in [3.05, 3.63) is 18.2 Å². The smallest absolute Gasteiger partial charge is 0.325 e. The molecule has 4 amide bonds. The van der Waals surface area contributed by atoms with E-state index in [-0.39, 0.29) is 18.4 Å². The van der Waals surface area contributed by atoms with E-state index in [4.69, 9.17) is 0 Å². The molecule has 1 aliphatic rings. The average Bonchev–Trinajstić information content (AvgIpc) is 3.01. The Balaban J connectivity index is 1.74. The van der Waals surface area contributed by atoms with Gasteiger partial charge in [-0.25, -0.2) is 9.78 Å². The summed E-state index contributed by atoms with van der Waals surface area (Å²) in [5.41, 5.74) is -0.949. The Labute approximate surface area is 135 Å². The van der Waals surface area contributed by atoms with Crippen LogP contribution in [0.1, 0.15) is 33.0 Å². The van der Waals surface area contributed by atoms with Crippen molar-refractivity contribution in [3.8, 4) is 0 Å². The van der Waals surface area contributed by atoms with Crippen LogP contribution in [0.3, 0.4) is 0 Å². The van der Waals surface area contributed by atoms with Crippen LogP contribution in [0.5, 0.6) is 0 Å². The van der Waals surface area contributed by atoms with Gasteiger partial charge in [-0.05, 0) is 20.3 Å². The lowest BCUT2D eigenvalue weighted by Crippen LogP contribution is -2.43. The first-order valence-corrected chi connectivity index (χ1v) is 7.76. The highest BCUT2D eigenvalue weighted by Gasteiger charge is 2.44. The molecule has 0 radical (unpaired) electrons. The first-order valence-electron chi connectivity index (χ1n) is 7.76. The lowest BCUT2D eigenvalue weighted by Gasteiger charge is -2.15. The number of nitrogens with one attached hydrogen (secondary N) is 2. The molecule has 0 unspecified atom stereocenters. The Hall–Kier alpha value is -2.38. The van der Waals surface area contributed by atoms with Crippen LogP contribution < -0.4 is 10.6 Å². The number of aromatic nitrogens is 2. The Morgan fingerprint density at radius 2 is 2.13 bits per heavy atom. The molecule has 0 bridgehead atoms. The summed E-state index contributed by atoms with van der Waals surface area (Å²) in [5, 5.41) is 5.28. The second kappa shape index (κ2) is 6.80. The summed E-state index contributed by atoms with van der Waals surface area (Å²) in [5.74, 6) is 0.286. The van der Waals surface area contributed by atoms with Crippen molar-refractivity contribution < 1.29 is 14.4 Å². The van der Waals surface area contributed by atoms with Gasteiger partial charge in [0.2, 0.25) is 5.91 Å². The number of amides is 4. The van der Waals surface area contributed by atoms with Gasteiger partial charge in [-0.1, -0.05) is 6.92 Å². The van der Waals surface area contributed by atoms with Gasteiger partial charge in [0.1, 0.15) is 17.9 Å². The molecule has 0 aromatic carbocycles. The summed E-state index contributed by atoms with van der Waals surface area (Å²) in [7, 11) is 0. The number of hydrogen-bond acceptors (Lipinski definition) is 4. The van der Waals surface area contributed by atoms with Gasteiger partial charge in [-0.3, -0.25) is 14.5 Å². The summed E-state index contributed by atoms with van der Waals surface area (Å²) < 4.78 is 2.05. The van der Waals surface area contributed by atoms with Gasteiger partial charge in [0.25, 0.3) is 5.91 Å². The van der Waals surface area contributed by atoms with E-state index in [9.17, 15) is 14.4 Å². The van der Waals surface area contributed by atoms with E-state index in [0.717, 1.165) is 30.1 Å². The summed E-state index contributed by atoms with van der Waals surface area (Å²) in [6.07, 6.45) is 5.29. The number of imidazole rings is 1. The van der Waals surface area contributed by atoms with E-state index in [2.05, 4.69) is 15.6 Å². The van der Waals surface area contributed by atoms with Crippen LogP contribution in [0, 0.1) is 0 Å². The molecule has 2 N–H and O–H groups in total. The first kappa shape index (κ1) is 17.0. The molecule has 1 saturated heterocycles. The van der Waals surface area contributed by atoms with Crippen molar-refractivity contribution in [1.82, 2.24) is 25.1 Å². The number of imide groups is 1. The Bertz CT molecular complexity index is 608. The number of carbonyl (C=O) groups excluding carboxylic acids is 3. The third-order valence-electron chi connectivity index (χ3n) is 3.76. The maximum atomic E-state index is 12.0. The van der Waals surface area contributed by atoms with Crippen molar-refractivity contribution in [2.24, 2.45) is 0 Å². The molecule has 0 atom stereocenters. The minimum Gasteiger partial charge on any atom is -0.354 e. The second-order valence-electron chi connectivity index (χ2n) is 6.04. The fraction of sp³-hybridized carbons (Fsp3) is 0.600. The zero-order chi connectivity index (χ0) is 17.0. The minimum atomic E-state index is -0.949. The van der Waals surface area contributed by atoms with Gasteiger partial charge in [0.05, 0.1) is 0 Å². The zero-order valence-electron chi connectivity index (χ0n) is 13.8. The normalized spacial score (nSPS) is 16.6. The van der Waals surface area contributed by atoms with Crippen molar-refractivity contribution >= 4 is 17.8 Å². The van der Waals surface area contributed by atoms with E-state index in [1.165, 1.54) is 0 Å². The van der Waals surface area contributed by atoms with E-state index >= 15 is 0 Å². The van der Waals surface area contributed by atoms with Crippen LogP contribution in [0.2, 0.25) is 0 Å². The molecule has 2 heterocycles. The monoisotopic (exact) mass is 321 g/mol. The molecule has 1 aliphatic heterocycles. The average molecular weight is 321 g/mol. The number of carbonyl (C=O) groups is 3. The van der Waals surface area contributed by atoms with Crippen LogP contribution in [0.15, 0.2) is 12.4 Å². The fourth-order valence-corrected chi connectivity index (χ4v) is 2.50. The van der Waals surface area contributed by atoms with Crippen molar-refractivity contribution in [3.63, 3.8) is 0 Å². The van der Waals surface area contributed by atoms with Crippen LogP contribution in [-0.4, -0.2) is 50.9 Å². The van der Waals surface area contributed by atoms with Crippen molar-refractivity contribution in [2.45, 2.75) is 45.7 Å². The highest BCUT2D eigenvalue weighted by molar-refractivity contribution is 6.08. The molecule has 126 valence electrons. The van der Waals surface area contributed by atoms with E-state index in [1.54, 1.807) is 20.0 Å². The predicted molar refractivity (Wildman–Crippen MR) is 83.6 cm³/mol. The Kier molecular flexibility index (Phi) is 5.02. The molecule has 23 heavy (non-hydrogen) atoms. The van der Waals surface area contributed by atoms with Gasteiger partial charge in [-0.2, -0.15) is 0 Å². The first-order chi connectivity index (χ1) is 10.8. The molecular formula is C15H23N5O3. The van der Waals surface area contributed by atoms with Crippen LogP contribution >= 0.6 is 0 Å². The largest absolute Gasteiger partial charge is 0.354 e. The second-order valence-corrected chi connectivity index (χ2v) is 6.04. The molecule has 0 saturated carbocycles. The third kappa shape index (κ3) is 3.88. The van der Waals surface area contributed by atoms with Gasteiger partial charge in [-0.15, -0.1) is 0 Å². The van der Waals surface area contributed by atoms with E-state index in [0.29, 0.717) is 6.54 Å². The highest BCUT2D eigenvalue weighted by atomic mass is 16.2. The summed E-state index contributed by atoms with van der Waals surface area (Å²) in [6.45, 7) is 6.26. The molecule has 1 fully saturated rings. The van der Waals surface area contributed by atoms with Gasteiger partial charge < -0.3 is 15.2 Å². The standard InChI is InChI=1S/C15H23N5O3/c1-4-11-16-7-9-19(11)8-5-6-17-12(21)10-20-13(22)15(2,3)18-14(20)23/h7,9H,4-6,8,10H2,1-3H3,(H,17,21)(H,18,23). The van der Waals surface area contributed by atoms with Crippen molar-refractivity contribution in [1.29, 1.82) is 0 Å². The molecule has 1 aromatic heterocycles.